The van der Waals surface area contributed by atoms with Gasteiger partial charge >= 0.3 is 0 Å². The number of terminal acetylenes is 1. The minimum atomic E-state index is 0.0638. The van der Waals surface area contributed by atoms with Gasteiger partial charge < -0.3 is 4.90 Å². The number of carbonyl (C=O) groups excluding carboxylic acids is 1. The molecular weight excluding hydrogens is 218 g/mol. The molecule has 0 unspecified atom stereocenters. The van der Waals surface area contributed by atoms with Crippen molar-refractivity contribution < 1.29 is 4.79 Å². The third-order valence-corrected chi connectivity index (χ3v) is 3.55. The second-order valence-corrected chi connectivity index (χ2v) is 4.82. The van der Waals surface area contributed by atoms with Gasteiger partial charge in [0.2, 0.25) is 0 Å². The van der Waals surface area contributed by atoms with Gasteiger partial charge in [0.1, 0.15) is 0 Å². The van der Waals surface area contributed by atoms with Crippen molar-refractivity contribution in [1.82, 2.24) is 4.90 Å². The van der Waals surface area contributed by atoms with Gasteiger partial charge in [0, 0.05) is 30.2 Å². The molecule has 0 saturated carbocycles. The molecule has 0 radical (unpaired) electrons. The number of carbonyl (C=O) groups is 1. The minimum absolute atomic E-state index is 0.0638. The Hall–Kier alpha value is -1.40. The van der Waals surface area contributed by atoms with Crippen molar-refractivity contribution in [3.63, 3.8) is 0 Å². The van der Waals surface area contributed by atoms with Crippen molar-refractivity contribution in [2.45, 2.75) is 0 Å². The molecule has 2 nitrogen and oxygen atoms in total. The number of nitrogens with zero attached hydrogens (tertiary/aromatic N) is 1. The van der Waals surface area contributed by atoms with Gasteiger partial charge in [-0.15, -0.1) is 6.42 Å². The van der Waals surface area contributed by atoms with Gasteiger partial charge in [-0.1, -0.05) is 18.1 Å². The monoisotopic (exact) mass is 231 g/mol. The van der Waals surface area contributed by atoms with E-state index in [0.29, 0.717) is 11.1 Å². The van der Waals surface area contributed by atoms with Crippen LogP contribution in [0.5, 0.6) is 0 Å². The van der Waals surface area contributed by atoms with Gasteiger partial charge in [-0.05, 0) is 12.1 Å². The van der Waals surface area contributed by atoms with Gasteiger partial charge in [0.25, 0.3) is 5.91 Å². The molecule has 1 fully saturated rings. The first-order valence-electron chi connectivity index (χ1n) is 5.25. The average molecular weight is 231 g/mol. The van der Waals surface area contributed by atoms with Crippen LogP contribution in [0.25, 0.3) is 0 Å². The largest absolute Gasteiger partial charge is 0.337 e. The van der Waals surface area contributed by atoms with Gasteiger partial charge in [0.15, 0.2) is 0 Å². The van der Waals surface area contributed by atoms with E-state index in [1.807, 2.05) is 34.9 Å². The molecule has 1 amide bonds. The van der Waals surface area contributed by atoms with E-state index >= 15 is 0 Å². The molecule has 3 heteroatoms. The third kappa shape index (κ3) is 2.23. The average Bonchev–Trinajstić information content (AvgIpc) is 2.39. The van der Waals surface area contributed by atoms with Crippen LogP contribution in [0.15, 0.2) is 24.3 Å². The lowest BCUT2D eigenvalue weighted by molar-refractivity contribution is 0.0772. The van der Waals surface area contributed by atoms with Gasteiger partial charge in [-0.3, -0.25) is 4.79 Å². The number of rotatable bonds is 1. The highest BCUT2D eigenvalue weighted by atomic mass is 32.2. The zero-order chi connectivity index (χ0) is 11.4. The lowest BCUT2D eigenvalue weighted by Gasteiger charge is -2.26. The van der Waals surface area contributed by atoms with Crippen LogP contribution in [0.3, 0.4) is 0 Å². The summed E-state index contributed by atoms with van der Waals surface area (Å²) in [6.45, 7) is 1.64. The number of amides is 1. The Bertz CT molecular complexity index is 430. The van der Waals surface area contributed by atoms with E-state index in [9.17, 15) is 4.79 Å². The summed E-state index contributed by atoms with van der Waals surface area (Å²) in [5.74, 6) is 4.66. The summed E-state index contributed by atoms with van der Waals surface area (Å²) in [7, 11) is 0. The highest BCUT2D eigenvalue weighted by molar-refractivity contribution is 7.99. The first-order chi connectivity index (χ1) is 7.83. The fraction of sp³-hybridized carbons (Fsp3) is 0.308. The molecule has 0 atom stereocenters. The summed E-state index contributed by atoms with van der Waals surface area (Å²) in [6, 6.07) is 7.33. The fourth-order valence-corrected chi connectivity index (χ4v) is 2.64. The molecule has 1 saturated heterocycles. The smallest absolute Gasteiger partial charge is 0.255 e. The van der Waals surface area contributed by atoms with Crippen LogP contribution < -0.4 is 0 Å². The first kappa shape index (κ1) is 11.1. The molecule has 16 heavy (non-hydrogen) atoms. The molecule has 1 heterocycles. The molecule has 0 aliphatic carbocycles. The van der Waals surface area contributed by atoms with E-state index in [2.05, 4.69) is 5.92 Å². The van der Waals surface area contributed by atoms with Crippen LogP contribution in [0.1, 0.15) is 15.9 Å². The number of thioether (sulfide) groups is 1. The highest BCUT2D eigenvalue weighted by Gasteiger charge is 2.19. The molecule has 82 valence electrons. The maximum atomic E-state index is 12.2. The quantitative estimate of drug-likeness (QED) is 0.688. The molecule has 1 aliphatic heterocycles. The van der Waals surface area contributed by atoms with Crippen molar-refractivity contribution in [2.75, 3.05) is 24.6 Å². The minimum Gasteiger partial charge on any atom is -0.337 e. The van der Waals surface area contributed by atoms with Crippen LogP contribution >= 0.6 is 11.8 Å². The maximum absolute atomic E-state index is 12.2. The molecule has 0 aromatic heterocycles. The Kier molecular flexibility index (Phi) is 3.53. The zero-order valence-corrected chi connectivity index (χ0v) is 9.80. The number of hydrogen-bond acceptors (Lipinski definition) is 2. The van der Waals surface area contributed by atoms with Crippen molar-refractivity contribution in [3.05, 3.63) is 35.4 Å². The first-order valence-corrected chi connectivity index (χ1v) is 6.41. The van der Waals surface area contributed by atoms with Crippen LogP contribution in [-0.4, -0.2) is 35.4 Å². The predicted molar refractivity (Wildman–Crippen MR) is 67.6 cm³/mol. The van der Waals surface area contributed by atoms with Crippen molar-refractivity contribution in [2.24, 2.45) is 0 Å². The van der Waals surface area contributed by atoms with Gasteiger partial charge in [-0.2, -0.15) is 11.8 Å². The topological polar surface area (TPSA) is 20.3 Å². The van der Waals surface area contributed by atoms with Crippen LogP contribution in [0.4, 0.5) is 0 Å². The molecule has 0 spiro atoms. The molecular formula is C13H13NOS. The molecule has 1 aromatic rings. The number of hydrogen-bond donors (Lipinski definition) is 0. The van der Waals surface area contributed by atoms with Crippen molar-refractivity contribution in [1.29, 1.82) is 0 Å². The lowest BCUT2D eigenvalue weighted by atomic mass is 10.1. The standard InChI is InChI=1S/C13H13NOS/c1-2-11-5-3-4-6-12(11)13(15)14-7-9-16-10-8-14/h1,3-6H,7-10H2. The van der Waals surface area contributed by atoms with Gasteiger partial charge in [-0.25, -0.2) is 0 Å². The molecule has 1 aromatic carbocycles. The van der Waals surface area contributed by atoms with E-state index < -0.39 is 0 Å². The summed E-state index contributed by atoms with van der Waals surface area (Å²) < 4.78 is 0. The highest BCUT2D eigenvalue weighted by Crippen LogP contribution is 2.15. The van der Waals surface area contributed by atoms with Crippen molar-refractivity contribution >= 4 is 17.7 Å². The second-order valence-electron chi connectivity index (χ2n) is 3.59. The van der Waals surface area contributed by atoms with E-state index in [1.165, 1.54) is 0 Å². The molecule has 1 aliphatic rings. The van der Waals surface area contributed by atoms with Crippen LogP contribution in [0.2, 0.25) is 0 Å². The third-order valence-electron chi connectivity index (χ3n) is 2.61. The van der Waals surface area contributed by atoms with Crippen molar-refractivity contribution in [3.8, 4) is 12.3 Å². The molecule has 0 bridgehead atoms. The van der Waals surface area contributed by atoms with E-state index in [0.717, 1.165) is 24.6 Å². The summed E-state index contributed by atoms with van der Waals surface area (Å²) >= 11 is 1.89. The normalized spacial score (nSPS) is 15.6. The van der Waals surface area contributed by atoms with Crippen LogP contribution in [0, 0.1) is 12.3 Å². The Morgan fingerprint density at radius 1 is 1.31 bits per heavy atom. The van der Waals surface area contributed by atoms with E-state index in [-0.39, 0.29) is 5.91 Å². The SMILES string of the molecule is C#Cc1ccccc1C(=O)N1CCSCC1. The Morgan fingerprint density at radius 2 is 2.00 bits per heavy atom. The second kappa shape index (κ2) is 5.09. The Balaban J connectivity index is 2.23. The summed E-state index contributed by atoms with van der Waals surface area (Å²) in [5, 5.41) is 0. The van der Waals surface area contributed by atoms with Gasteiger partial charge in [0.05, 0.1) is 5.56 Å². The predicted octanol–water partition coefficient (Wildman–Crippen LogP) is 1.86. The summed E-state index contributed by atoms with van der Waals surface area (Å²) in [5.41, 5.74) is 1.34. The number of benzene rings is 1. The van der Waals surface area contributed by atoms with Crippen LogP contribution in [-0.2, 0) is 0 Å². The maximum Gasteiger partial charge on any atom is 0.255 e. The molecule has 2 rings (SSSR count). The Morgan fingerprint density at radius 3 is 2.69 bits per heavy atom. The summed E-state index contributed by atoms with van der Waals surface area (Å²) in [6.07, 6.45) is 5.39. The van der Waals surface area contributed by atoms with E-state index in [4.69, 9.17) is 6.42 Å². The van der Waals surface area contributed by atoms with E-state index in [1.54, 1.807) is 6.07 Å². The lowest BCUT2D eigenvalue weighted by Crippen LogP contribution is -2.38. The fourth-order valence-electron chi connectivity index (χ4n) is 1.73. The molecule has 0 N–H and O–H groups in total. The zero-order valence-electron chi connectivity index (χ0n) is 8.98. The summed E-state index contributed by atoms with van der Waals surface area (Å²) in [4.78, 5) is 14.1. The Labute approximate surface area is 100 Å².